The van der Waals surface area contributed by atoms with E-state index in [1.54, 1.807) is 13.2 Å². The number of methoxy groups -OCH3 is 1. The van der Waals surface area contributed by atoms with Gasteiger partial charge in [0.15, 0.2) is 0 Å². The van der Waals surface area contributed by atoms with E-state index in [0.29, 0.717) is 18.1 Å². The Morgan fingerprint density at radius 2 is 1.97 bits per heavy atom. The van der Waals surface area contributed by atoms with Crippen LogP contribution in [0.4, 0.5) is 4.79 Å². The van der Waals surface area contributed by atoms with Crippen molar-refractivity contribution in [2.24, 2.45) is 0 Å². The molecular formula is C25H24BrN3O4S. The van der Waals surface area contributed by atoms with E-state index in [2.05, 4.69) is 21.2 Å². The zero-order valence-corrected chi connectivity index (χ0v) is 21.0. The van der Waals surface area contributed by atoms with Crippen LogP contribution < -0.4 is 5.32 Å². The molecule has 1 aliphatic heterocycles. The van der Waals surface area contributed by atoms with Crippen molar-refractivity contribution in [1.29, 1.82) is 0 Å². The van der Waals surface area contributed by atoms with E-state index in [9.17, 15) is 14.4 Å². The number of thioether (sulfide) groups is 1. The first-order chi connectivity index (χ1) is 16.5. The van der Waals surface area contributed by atoms with Crippen LogP contribution in [0.3, 0.4) is 0 Å². The third-order valence-electron chi connectivity index (χ3n) is 5.38. The molecule has 0 bridgehead atoms. The van der Waals surface area contributed by atoms with Gasteiger partial charge in [-0.2, -0.15) is 0 Å². The van der Waals surface area contributed by atoms with Crippen LogP contribution >= 0.6 is 27.7 Å². The van der Waals surface area contributed by atoms with Crippen LogP contribution in [0.15, 0.2) is 64.1 Å². The zero-order valence-electron chi connectivity index (χ0n) is 18.6. The van der Waals surface area contributed by atoms with Crippen LogP contribution in [0.1, 0.15) is 17.5 Å². The van der Waals surface area contributed by atoms with Crippen LogP contribution in [-0.2, 0) is 27.4 Å². The second-order valence-electron chi connectivity index (χ2n) is 7.82. The van der Waals surface area contributed by atoms with Crippen molar-refractivity contribution in [2.45, 2.75) is 19.5 Å². The number of fused-ring (bicyclic) bond motifs is 1. The molecule has 176 valence electrons. The summed E-state index contributed by atoms with van der Waals surface area (Å²) in [4.78, 5) is 39.6. The van der Waals surface area contributed by atoms with Gasteiger partial charge < -0.3 is 14.6 Å². The number of carbonyl (C=O) groups excluding carboxylic acids is 3. The van der Waals surface area contributed by atoms with Gasteiger partial charge in [0.05, 0.1) is 11.4 Å². The number of amides is 3. The maximum atomic E-state index is 13.0. The van der Waals surface area contributed by atoms with Crippen molar-refractivity contribution in [2.75, 3.05) is 20.3 Å². The Balaban J connectivity index is 1.58. The van der Waals surface area contributed by atoms with Crippen molar-refractivity contribution >= 4 is 61.7 Å². The normalized spacial score (nSPS) is 15.0. The third kappa shape index (κ3) is 5.60. The Hall–Kier alpha value is -2.88. The first kappa shape index (κ1) is 24.3. The molecule has 7 nitrogen and oxygen atoms in total. The summed E-state index contributed by atoms with van der Waals surface area (Å²) >= 11 is 4.43. The lowest BCUT2D eigenvalue weighted by molar-refractivity contribution is -0.123. The highest BCUT2D eigenvalue weighted by Gasteiger charge is 2.35. The highest BCUT2D eigenvalue weighted by Crippen LogP contribution is 2.35. The van der Waals surface area contributed by atoms with E-state index in [1.165, 1.54) is 4.90 Å². The molecule has 4 rings (SSSR count). The molecule has 1 N–H and O–H groups in total. The number of aromatic nitrogens is 1. The van der Waals surface area contributed by atoms with Crippen molar-refractivity contribution < 1.29 is 19.1 Å². The summed E-state index contributed by atoms with van der Waals surface area (Å²) in [6.07, 6.45) is 4.32. The quantitative estimate of drug-likeness (QED) is 0.311. The first-order valence-corrected chi connectivity index (χ1v) is 12.4. The predicted octanol–water partition coefficient (Wildman–Crippen LogP) is 4.79. The van der Waals surface area contributed by atoms with Gasteiger partial charge in [0.25, 0.3) is 11.1 Å². The van der Waals surface area contributed by atoms with Crippen molar-refractivity contribution in [3.8, 4) is 0 Å². The lowest BCUT2D eigenvalue weighted by Gasteiger charge is -2.12. The number of benzene rings is 2. The lowest BCUT2D eigenvalue weighted by Crippen LogP contribution is -2.28. The van der Waals surface area contributed by atoms with Crippen molar-refractivity contribution in [3.05, 3.63) is 75.2 Å². The van der Waals surface area contributed by atoms with E-state index in [4.69, 9.17) is 4.74 Å². The number of nitrogens with zero attached hydrogens (tertiary/aromatic N) is 2. The summed E-state index contributed by atoms with van der Waals surface area (Å²) in [5.41, 5.74) is 2.53. The first-order valence-electron chi connectivity index (χ1n) is 10.8. The Morgan fingerprint density at radius 1 is 1.18 bits per heavy atom. The zero-order chi connectivity index (χ0) is 24.1. The fourth-order valence-corrected chi connectivity index (χ4v) is 4.93. The molecule has 0 aliphatic carbocycles. The fraction of sp³-hybridized carbons (Fsp3) is 0.240. The predicted molar refractivity (Wildman–Crippen MR) is 137 cm³/mol. The molecule has 0 spiro atoms. The molecule has 1 aliphatic rings. The molecule has 0 atom stereocenters. The van der Waals surface area contributed by atoms with Gasteiger partial charge in [0.1, 0.15) is 6.54 Å². The number of rotatable bonds is 9. The maximum absolute atomic E-state index is 13.0. The van der Waals surface area contributed by atoms with Crippen LogP contribution in [0.2, 0.25) is 0 Å². The summed E-state index contributed by atoms with van der Waals surface area (Å²) in [5, 5.41) is 3.49. The molecule has 2 heterocycles. The van der Waals surface area contributed by atoms with Crippen LogP contribution in [-0.4, -0.2) is 46.8 Å². The smallest absolute Gasteiger partial charge is 0.293 e. The standard InChI is InChI=1S/C25H24BrN3O4S/c1-33-11-5-10-27-23(30)16-28-15-18(20-13-19(26)8-9-21(20)28)12-22-24(31)29(25(32)34-22)14-17-6-3-2-4-7-17/h2-4,6-9,12-13,15H,5,10-11,14,16H2,1H3,(H,27,30)/b22-12-. The minimum absolute atomic E-state index is 0.106. The molecule has 2 aromatic carbocycles. The Kier molecular flexibility index (Phi) is 7.87. The van der Waals surface area contributed by atoms with E-state index < -0.39 is 0 Å². The van der Waals surface area contributed by atoms with Gasteiger partial charge in [-0.25, -0.2) is 0 Å². The number of hydrogen-bond acceptors (Lipinski definition) is 5. The second-order valence-corrected chi connectivity index (χ2v) is 9.73. The van der Waals surface area contributed by atoms with Gasteiger partial charge in [0, 0.05) is 47.4 Å². The highest BCUT2D eigenvalue weighted by atomic mass is 79.9. The van der Waals surface area contributed by atoms with E-state index >= 15 is 0 Å². The van der Waals surface area contributed by atoms with Crippen LogP contribution in [0.5, 0.6) is 0 Å². The Labute approximate surface area is 210 Å². The number of ether oxygens (including phenoxy) is 1. The number of carbonyl (C=O) groups is 3. The Morgan fingerprint density at radius 3 is 2.74 bits per heavy atom. The average Bonchev–Trinajstić information content (AvgIpc) is 3.28. The molecule has 1 fully saturated rings. The monoisotopic (exact) mass is 541 g/mol. The largest absolute Gasteiger partial charge is 0.385 e. The molecule has 0 saturated carbocycles. The van der Waals surface area contributed by atoms with Crippen molar-refractivity contribution in [3.63, 3.8) is 0 Å². The van der Waals surface area contributed by atoms with E-state index in [-0.39, 0.29) is 30.1 Å². The van der Waals surface area contributed by atoms with E-state index in [0.717, 1.165) is 44.7 Å². The minimum Gasteiger partial charge on any atom is -0.385 e. The SMILES string of the molecule is COCCCNC(=O)Cn1cc(/C=C2\SC(=O)N(Cc3ccccc3)C2=O)c2cc(Br)ccc21. The molecular weight excluding hydrogens is 518 g/mol. The van der Waals surface area contributed by atoms with Crippen molar-refractivity contribution in [1.82, 2.24) is 14.8 Å². The number of nitrogens with one attached hydrogen (secondary N) is 1. The molecule has 3 amide bonds. The molecule has 1 saturated heterocycles. The minimum atomic E-state index is -0.314. The summed E-state index contributed by atoms with van der Waals surface area (Å²) in [6, 6.07) is 15.2. The fourth-order valence-electron chi connectivity index (χ4n) is 3.74. The van der Waals surface area contributed by atoms with E-state index in [1.807, 2.05) is 59.3 Å². The molecule has 9 heteroatoms. The second kappa shape index (κ2) is 11.0. The maximum Gasteiger partial charge on any atom is 0.293 e. The number of imide groups is 1. The average molecular weight is 542 g/mol. The van der Waals surface area contributed by atoms with Gasteiger partial charge in [-0.3, -0.25) is 19.3 Å². The summed E-state index contributed by atoms with van der Waals surface area (Å²) in [5.74, 6) is -0.420. The summed E-state index contributed by atoms with van der Waals surface area (Å²) in [6.45, 7) is 1.51. The van der Waals surface area contributed by atoms with Gasteiger partial charge in [-0.15, -0.1) is 0 Å². The van der Waals surface area contributed by atoms with Gasteiger partial charge in [0.2, 0.25) is 5.91 Å². The molecule has 0 unspecified atom stereocenters. The third-order valence-corrected chi connectivity index (χ3v) is 6.78. The number of halogens is 1. The molecule has 3 aromatic rings. The van der Waals surface area contributed by atoms with Gasteiger partial charge in [-0.05, 0) is 48.0 Å². The topological polar surface area (TPSA) is 80.6 Å². The molecule has 0 radical (unpaired) electrons. The van der Waals surface area contributed by atoms with Crippen LogP contribution in [0.25, 0.3) is 17.0 Å². The lowest BCUT2D eigenvalue weighted by atomic mass is 10.1. The summed E-state index contributed by atoms with van der Waals surface area (Å²) < 4.78 is 7.75. The van der Waals surface area contributed by atoms with Gasteiger partial charge >= 0.3 is 0 Å². The molecule has 34 heavy (non-hydrogen) atoms. The number of hydrogen-bond donors (Lipinski definition) is 1. The Bertz CT molecular complexity index is 1260. The van der Waals surface area contributed by atoms with Crippen LogP contribution in [0, 0.1) is 0 Å². The molecule has 1 aromatic heterocycles. The highest BCUT2D eigenvalue weighted by molar-refractivity contribution is 9.10. The van der Waals surface area contributed by atoms with Gasteiger partial charge in [-0.1, -0.05) is 46.3 Å². The summed E-state index contributed by atoms with van der Waals surface area (Å²) in [7, 11) is 1.63.